The number of fused-ring (bicyclic) bond motifs is 1. The Morgan fingerprint density at radius 2 is 1.10 bits per heavy atom. The summed E-state index contributed by atoms with van der Waals surface area (Å²) >= 11 is 0. The normalized spacial score (nSPS) is 12.5. The minimum absolute atomic E-state index is 0.0286. The number of hydrogen-bond acceptors (Lipinski definition) is 12. The molecular weight excluding hydrogens is 853 g/mol. The van der Waals surface area contributed by atoms with Crippen LogP contribution in [0.4, 0.5) is 0 Å². The Kier molecular flexibility index (Phi) is 35.4. The van der Waals surface area contributed by atoms with Crippen LogP contribution in [0.15, 0.2) is 70.4 Å². The average Bonchev–Trinajstić information content (AvgIpc) is 3.31. The number of terminal acetylenes is 1. The summed E-state index contributed by atoms with van der Waals surface area (Å²) in [4.78, 5) is 33.4. The lowest BCUT2D eigenvalue weighted by Gasteiger charge is -2.15. The first-order chi connectivity index (χ1) is 32.3. The van der Waals surface area contributed by atoms with Crippen molar-refractivity contribution in [2.75, 3.05) is 27.4 Å². The van der Waals surface area contributed by atoms with Crippen LogP contribution in [-0.2, 0) is 19.1 Å². The van der Waals surface area contributed by atoms with Crippen molar-refractivity contribution < 1.29 is 53.4 Å². The molecule has 67 heavy (non-hydrogen) atoms. The quantitative estimate of drug-likeness (QED) is 0.0193. The van der Waals surface area contributed by atoms with Gasteiger partial charge in [-0.2, -0.15) is 0 Å². The van der Waals surface area contributed by atoms with Crippen LogP contribution in [0.5, 0.6) is 11.5 Å². The number of carbonyl (C=O) groups is 2. The standard InChI is InChI=1S/C19H36O4.C19H34O4.C17H14O4/c2*1-3-4-5-6-7-8-9-10-11-12-13-14-18(21)15-19(22)16-23-17(2)20;1-19-12-5-3-4-11(8-12)16-10-15(18)14-7-6-13(20-2)9-17(14)21-16/h3,18-19,21-22H,1,4-16H2,2H3;1,18-19,21-22H,4-16H2,2H3;3-10H,1-2H3. The van der Waals surface area contributed by atoms with Gasteiger partial charge in [0.25, 0.3) is 0 Å². The van der Waals surface area contributed by atoms with Gasteiger partial charge in [0.05, 0.1) is 44.0 Å². The summed E-state index contributed by atoms with van der Waals surface area (Å²) in [5.41, 5.74) is 1.20. The largest absolute Gasteiger partial charge is 0.497 e. The van der Waals surface area contributed by atoms with Crippen LogP contribution >= 0.6 is 0 Å². The van der Waals surface area contributed by atoms with Gasteiger partial charge in [-0.05, 0) is 56.4 Å². The molecule has 12 heteroatoms. The fourth-order valence-electron chi connectivity index (χ4n) is 7.36. The molecule has 1 heterocycles. The van der Waals surface area contributed by atoms with E-state index in [1.807, 2.05) is 30.3 Å². The second kappa shape index (κ2) is 39.3. The van der Waals surface area contributed by atoms with Crippen molar-refractivity contribution in [3.05, 3.63) is 71.4 Å². The second-order valence-corrected chi connectivity index (χ2v) is 17.2. The molecule has 12 nitrogen and oxygen atoms in total. The number of allylic oxidation sites excluding steroid dienone is 1. The van der Waals surface area contributed by atoms with E-state index in [2.05, 4.69) is 12.5 Å². The third kappa shape index (κ3) is 31.8. The van der Waals surface area contributed by atoms with E-state index in [1.54, 1.807) is 32.4 Å². The molecule has 4 atom stereocenters. The van der Waals surface area contributed by atoms with Crippen LogP contribution in [0.2, 0.25) is 0 Å². The Bertz CT molecular complexity index is 1850. The van der Waals surface area contributed by atoms with Gasteiger partial charge in [0.15, 0.2) is 5.43 Å². The molecule has 0 amide bonds. The molecule has 3 aromatic rings. The predicted molar refractivity (Wildman–Crippen MR) is 268 cm³/mol. The summed E-state index contributed by atoms with van der Waals surface area (Å²) in [5, 5.41) is 39.4. The molecule has 3 rings (SSSR count). The van der Waals surface area contributed by atoms with Crippen LogP contribution < -0.4 is 14.9 Å². The van der Waals surface area contributed by atoms with Crippen LogP contribution in [0.3, 0.4) is 0 Å². The van der Waals surface area contributed by atoms with Crippen LogP contribution in [0, 0.1) is 12.3 Å². The zero-order valence-electron chi connectivity index (χ0n) is 41.2. The maximum Gasteiger partial charge on any atom is 0.302 e. The van der Waals surface area contributed by atoms with Crippen molar-refractivity contribution >= 4 is 22.9 Å². The summed E-state index contributed by atoms with van der Waals surface area (Å²) in [5.74, 6) is 3.71. The van der Waals surface area contributed by atoms with E-state index in [9.17, 15) is 34.8 Å². The van der Waals surface area contributed by atoms with Crippen molar-refractivity contribution in [3.63, 3.8) is 0 Å². The highest BCUT2D eigenvalue weighted by molar-refractivity contribution is 5.80. The van der Waals surface area contributed by atoms with Gasteiger partial charge in [0.1, 0.15) is 36.1 Å². The second-order valence-electron chi connectivity index (χ2n) is 17.2. The highest BCUT2D eigenvalue weighted by Gasteiger charge is 2.14. The van der Waals surface area contributed by atoms with Gasteiger partial charge in [-0.3, -0.25) is 14.4 Å². The van der Waals surface area contributed by atoms with Crippen molar-refractivity contribution in [1.82, 2.24) is 0 Å². The van der Waals surface area contributed by atoms with Crippen molar-refractivity contribution in [2.45, 2.75) is 192 Å². The molecule has 0 aliphatic heterocycles. The van der Waals surface area contributed by atoms with E-state index >= 15 is 0 Å². The number of aliphatic hydroxyl groups is 4. The van der Waals surface area contributed by atoms with Gasteiger partial charge in [-0.1, -0.05) is 121 Å². The summed E-state index contributed by atoms with van der Waals surface area (Å²) in [7, 11) is 3.17. The van der Waals surface area contributed by atoms with E-state index in [0.717, 1.165) is 50.5 Å². The molecule has 4 N–H and O–H groups in total. The molecule has 0 spiro atoms. The number of methoxy groups -OCH3 is 2. The molecule has 0 aliphatic carbocycles. The van der Waals surface area contributed by atoms with Gasteiger partial charge < -0.3 is 43.8 Å². The zero-order chi connectivity index (χ0) is 49.5. The zero-order valence-corrected chi connectivity index (χ0v) is 41.2. The number of benzene rings is 2. The minimum atomic E-state index is -0.775. The molecule has 0 saturated carbocycles. The summed E-state index contributed by atoms with van der Waals surface area (Å²) in [6, 6.07) is 14.0. The number of hydrogen-bond donors (Lipinski definition) is 4. The Balaban J connectivity index is 0.000000502. The number of esters is 2. The van der Waals surface area contributed by atoms with E-state index in [1.165, 1.54) is 103 Å². The monoisotopic (exact) mass is 937 g/mol. The first-order valence-corrected chi connectivity index (χ1v) is 24.6. The SMILES string of the molecule is C#CCCCCCCCCCCCC(O)CC(O)COC(C)=O.C=CCCCCCCCCCCCC(O)CC(O)COC(C)=O.COc1cccc(-c2cc(=O)c3ccc(OC)cc3o2)c1. The smallest absolute Gasteiger partial charge is 0.302 e. The fraction of sp³-hybridized carbons (Fsp3) is 0.618. The third-order valence-corrected chi connectivity index (χ3v) is 11.1. The lowest BCUT2D eigenvalue weighted by atomic mass is 10.0. The lowest BCUT2D eigenvalue weighted by Crippen LogP contribution is -2.23. The summed E-state index contributed by atoms with van der Waals surface area (Å²) in [6.07, 6.45) is 30.5. The third-order valence-electron chi connectivity index (χ3n) is 11.1. The molecule has 376 valence electrons. The maximum absolute atomic E-state index is 12.2. The molecule has 0 fully saturated rings. The average molecular weight is 937 g/mol. The Labute approximate surface area is 401 Å². The summed E-state index contributed by atoms with van der Waals surface area (Å²) < 4.78 is 25.6. The van der Waals surface area contributed by atoms with E-state index in [4.69, 9.17) is 29.8 Å². The molecule has 0 saturated heterocycles. The Hall–Kier alpha value is -4.67. The minimum Gasteiger partial charge on any atom is -0.497 e. The van der Waals surface area contributed by atoms with Crippen LogP contribution in [0.25, 0.3) is 22.3 Å². The van der Waals surface area contributed by atoms with Crippen molar-refractivity contribution in [1.29, 1.82) is 0 Å². The Morgan fingerprint density at radius 1 is 0.642 bits per heavy atom. The van der Waals surface area contributed by atoms with Gasteiger partial charge in [0.2, 0.25) is 0 Å². The van der Waals surface area contributed by atoms with Gasteiger partial charge in [0, 0.05) is 50.8 Å². The van der Waals surface area contributed by atoms with Crippen LogP contribution in [-0.4, -0.2) is 84.2 Å². The molecule has 0 radical (unpaired) electrons. The van der Waals surface area contributed by atoms with E-state index < -0.39 is 36.4 Å². The predicted octanol–water partition coefficient (Wildman–Crippen LogP) is 11.2. The van der Waals surface area contributed by atoms with Crippen molar-refractivity contribution in [2.24, 2.45) is 0 Å². The maximum atomic E-state index is 12.2. The highest BCUT2D eigenvalue weighted by atomic mass is 16.5. The summed E-state index contributed by atoms with van der Waals surface area (Å²) in [6.45, 7) is 6.28. The number of rotatable bonds is 34. The van der Waals surface area contributed by atoms with Crippen LogP contribution in [0.1, 0.15) is 168 Å². The number of carbonyl (C=O) groups excluding carboxylic acids is 2. The first kappa shape index (κ1) is 60.3. The number of ether oxygens (including phenoxy) is 4. The molecule has 4 unspecified atom stereocenters. The lowest BCUT2D eigenvalue weighted by molar-refractivity contribution is -0.145. The topological polar surface area (TPSA) is 182 Å². The van der Waals surface area contributed by atoms with Crippen molar-refractivity contribution in [3.8, 4) is 35.2 Å². The Morgan fingerprint density at radius 3 is 1.57 bits per heavy atom. The van der Waals surface area contributed by atoms with Gasteiger partial charge >= 0.3 is 11.9 Å². The van der Waals surface area contributed by atoms with Gasteiger partial charge in [-0.25, -0.2) is 0 Å². The molecule has 2 aromatic carbocycles. The van der Waals surface area contributed by atoms with E-state index in [0.29, 0.717) is 41.1 Å². The number of unbranched alkanes of at least 4 members (excludes halogenated alkanes) is 18. The molecular formula is C55H84O12. The molecule has 0 bridgehead atoms. The highest BCUT2D eigenvalue weighted by Crippen LogP contribution is 2.27. The fourth-order valence-corrected chi connectivity index (χ4v) is 7.36. The molecule has 1 aromatic heterocycles. The number of aliphatic hydroxyl groups excluding tert-OH is 4. The van der Waals surface area contributed by atoms with E-state index in [-0.39, 0.29) is 31.5 Å². The molecule has 0 aliphatic rings. The first-order valence-electron chi connectivity index (χ1n) is 24.6. The van der Waals surface area contributed by atoms with Gasteiger partial charge in [-0.15, -0.1) is 18.9 Å².